The van der Waals surface area contributed by atoms with Crippen LogP contribution in [0.2, 0.25) is 0 Å². The first-order valence-corrected chi connectivity index (χ1v) is 4.95. The highest BCUT2D eigenvalue weighted by molar-refractivity contribution is 5.75. The number of rotatable bonds is 7. The number of methoxy groups -OCH3 is 2. The van der Waals surface area contributed by atoms with Gasteiger partial charge < -0.3 is 19.9 Å². The summed E-state index contributed by atoms with van der Waals surface area (Å²) in [6.07, 6.45) is 0.518. The van der Waals surface area contributed by atoms with Crippen molar-refractivity contribution in [2.45, 2.75) is 31.9 Å². The second-order valence-corrected chi connectivity index (χ2v) is 3.87. The Morgan fingerprint density at radius 3 is 2.60 bits per heavy atom. The predicted molar refractivity (Wildman–Crippen MR) is 56.6 cm³/mol. The minimum absolute atomic E-state index is 0.326. The van der Waals surface area contributed by atoms with Crippen LogP contribution < -0.4 is 5.32 Å². The number of nitrogens with one attached hydrogen (secondary N) is 1. The summed E-state index contributed by atoms with van der Waals surface area (Å²) in [6.45, 7) is 4.20. The lowest BCUT2D eigenvalue weighted by atomic mass is 10.0. The van der Waals surface area contributed by atoms with Crippen LogP contribution in [-0.2, 0) is 14.3 Å². The zero-order valence-electron chi connectivity index (χ0n) is 9.87. The van der Waals surface area contributed by atoms with E-state index in [1.165, 1.54) is 7.11 Å². The molecule has 0 saturated carbocycles. The molecule has 2 unspecified atom stereocenters. The maximum absolute atomic E-state index is 11.1. The molecular formula is C10H21NO4. The van der Waals surface area contributed by atoms with E-state index in [2.05, 4.69) is 10.1 Å². The van der Waals surface area contributed by atoms with Crippen LogP contribution in [0.15, 0.2) is 0 Å². The Hall–Kier alpha value is -0.650. The summed E-state index contributed by atoms with van der Waals surface area (Å²) in [5.41, 5.74) is -0.877. The van der Waals surface area contributed by atoms with Crippen LogP contribution >= 0.6 is 0 Å². The van der Waals surface area contributed by atoms with Gasteiger partial charge in [-0.1, -0.05) is 0 Å². The Kier molecular flexibility index (Phi) is 6.47. The predicted octanol–water partition coefficient (Wildman–Crippen LogP) is -0.0750. The summed E-state index contributed by atoms with van der Waals surface area (Å²) < 4.78 is 9.42. The average Bonchev–Trinajstić information content (AvgIpc) is 2.22. The third kappa shape index (κ3) is 6.43. The van der Waals surface area contributed by atoms with Crippen LogP contribution in [-0.4, -0.2) is 50.1 Å². The van der Waals surface area contributed by atoms with Gasteiger partial charge in [-0.2, -0.15) is 0 Å². The van der Waals surface area contributed by atoms with E-state index in [1.54, 1.807) is 21.0 Å². The van der Waals surface area contributed by atoms with Crippen molar-refractivity contribution in [1.82, 2.24) is 5.32 Å². The van der Waals surface area contributed by atoms with Crippen LogP contribution in [0.5, 0.6) is 0 Å². The van der Waals surface area contributed by atoms with Gasteiger partial charge in [0.1, 0.15) is 6.04 Å². The molecule has 0 aromatic rings. The molecule has 0 bridgehead atoms. The van der Waals surface area contributed by atoms with Gasteiger partial charge in [-0.15, -0.1) is 0 Å². The summed E-state index contributed by atoms with van der Waals surface area (Å²) in [6, 6.07) is -0.413. The monoisotopic (exact) mass is 219 g/mol. The van der Waals surface area contributed by atoms with Crippen LogP contribution in [0, 0.1) is 0 Å². The first-order chi connectivity index (χ1) is 6.93. The van der Waals surface area contributed by atoms with E-state index in [1.807, 2.05) is 0 Å². The van der Waals surface area contributed by atoms with E-state index >= 15 is 0 Å². The Morgan fingerprint density at radius 2 is 2.13 bits per heavy atom. The lowest BCUT2D eigenvalue weighted by Crippen LogP contribution is -2.45. The molecular weight excluding hydrogens is 198 g/mol. The molecule has 5 heteroatoms. The Morgan fingerprint density at radius 1 is 1.53 bits per heavy atom. The second kappa shape index (κ2) is 6.76. The number of hydrogen-bond acceptors (Lipinski definition) is 5. The Balaban J connectivity index is 3.86. The number of hydrogen-bond donors (Lipinski definition) is 2. The van der Waals surface area contributed by atoms with Crippen LogP contribution in [0.3, 0.4) is 0 Å². The van der Waals surface area contributed by atoms with Gasteiger partial charge in [-0.3, -0.25) is 4.79 Å². The number of aliphatic hydroxyl groups is 1. The molecule has 2 atom stereocenters. The fraction of sp³-hybridized carbons (Fsp3) is 0.900. The van der Waals surface area contributed by atoms with E-state index < -0.39 is 11.6 Å². The average molecular weight is 219 g/mol. The van der Waals surface area contributed by atoms with Crippen molar-refractivity contribution in [3.8, 4) is 0 Å². The fourth-order valence-electron chi connectivity index (χ4n) is 1.04. The summed E-state index contributed by atoms with van der Waals surface area (Å²) in [5, 5.41) is 12.8. The summed E-state index contributed by atoms with van der Waals surface area (Å²) in [7, 11) is 2.92. The SMILES string of the molecule is COCCC(C)(O)CNC(C)C(=O)OC. The maximum Gasteiger partial charge on any atom is 0.322 e. The van der Waals surface area contributed by atoms with Gasteiger partial charge in [0.15, 0.2) is 0 Å². The fourth-order valence-corrected chi connectivity index (χ4v) is 1.04. The molecule has 0 fully saturated rings. The van der Waals surface area contributed by atoms with Crippen molar-refractivity contribution in [3.63, 3.8) is 0 Å². The van der Waals surface area contributed by atoms with Crippen molar-refractivity contribution in [1.29, 1.82) is 0 Å². The van der Waals surface area contributed by atoms with Gasteiger partial charge >= 0.3 is 5.97 Å². The summed E-state index contributed by atoms with van der Waals surface area (Å²) >= 11 is 0. The third-order valence-corrected chi connectivity index (χ3v) is 2.19. The molecule has 0 radical (unpaired) electrons. The molecule has 90 valence electrons. The normalized spacial score (nSPS) is 16.9. The minimum atomic E-state index is -0.877. The summed E-state index contributed by atoms with van der Waals surface area (Å²) in [4.78, 5) is 11.1. The van der Waals surface area contributed by atoms with Gasteiger partial charge in [-0.25, -0.2) is 0 Å². The third-order valence-electron chi connectivity index (χ3n) is 2.19. The zero-order chi connectivity index (χ0) is 11.9. The lowest BCUT2D eigenvalue weighted by molar-refractivity contribution is -0.142. The molecule has 0 amide bonds. The zero-order valence-corrected chi connectivity index (χ0v) is 9.87. The van der Waals surface area contributed by atoms with Crippen LogP contribution in [0.4, 0.5) is 0 Å². The largest absolute Gasteiger partial charge is 0.468 e. The minimum Gasteiger partial charge on any atom is -0.468 e. The van der Waals surface area contributed by atoms with Crippen molar-refractivity contribution in [2.75, 3.05) is 27.4 Å². The van der Waals surface area contributed by atoms with Crippen molar-refractivity contribution in [3.05, 3.63) is 0 Å². The van der Waals surface area contributed by atoms with Crippen LogP contribution in [0.1, 0.15) is 20.3 Å². The lowest BCUT2D eigenvalue weighted by Gasteiger charge is -2.24. The Bertz CT molecular complexity index is 194. The van der Waals surface area contributed by atoms with E-state index in [4.69, 9.17) is 4.74 Å². The van der Waals surface area contributed by atoms with Gasteiger partial charge in [0, 0.05) is 26.7 Å². The van der Waals surface area contributed by atoms with Crippen LogP contribution in [0.25, 0.3) is 0 Å². The second-order valence-electron chi connectivity index (χ2n) is 3.87. The van der Waals surface area contributed by atoms with Gasteiger partial charge in [-0.05, 0) is 13.8 Å². The standard InChI is InChI=1S/C10H21NO4/c1-8(9(12)15-4)11-7-10(2,13)5-6-14-3/h8,11,13H,5-7H2,1-4H3. The number of carbonyl (C=O) groups excluding carboxylic acids is 1. The van der Waals surface area contributed by atoms with Gasteiger partial charge in [0.25, 0.3) is 0 Å². The Labute approximate surface area is 90.8 Å². The maximum atomic E-state index is 11.1. The van der Waals surface area contributed by atoms with E-state index in [0.717, 1.165) is 0 Å². The molecule has 0 aliphatic heterocycles. The first kappa shape index (κ1) is 14.3. The number of ether oxygens (including phenoxy) is 2. The molecule has 0 aromatic carbocycles. The highest BCUT2D eigenvalue weighted by Gasteiger charge is 2.22. The molecule has 0 aliphatic rings. The molecule has 0 aromatic heterocycles. The first-order valence-electron chi connectivity index (χ1n) is 4.95. The number of carbonyl (C=O) groups is 1. The molecule has 0 aliphatic carbocycles. The quantitative estimate of drug-likeness (QED) is 0.586. The molecule has 0 spiro atoms. The van der Waals surface area contributed by atoms with E-state index in [-0.39, 0.29) is 5.97 Å². The van der Waals surface area contributed by atoms with Gasteiger partial charge in [0.2, 0.25) is 0 Å². The van der Waals surface area contributed by atoms with Crippen molar-refractivity contribution in [2.24, 2.45) is 0 Å². The molecule has 5 nitrogen and oxygen atoms in total. The van der Waals surface area contributed by atoms with E-state index in [0.29, 0.717) is 19.6 Å². The topological polar surface area (TPSA) is 67.8 Å². The molecule has 15 heavy (non-hydrogen) atoms. The van der Waals surface area contributed by atoms with E-state index in [9.17, 15) is 9.90 Å². The van der Waals surface area contributed by atoms with Crippen molar-refractivity contribution >= 4 is 5.97 Å². The highest BCUT2D eigenvalue weighted by atomic mass is 16.5. The van der Waals surface area contributed by atoms with Crippen molar-refractivity contribution < 1.29 is 19.4 Å². The molecule has 0 saturated heterocycles. The molecule has 2 N–H and O–H groups in total. The molecule has 0 heterocycles. The smallest absolute Gasteiger partial charge is 0.322 e. The highest BCUT2D eigenvalue weighted by Crippen LogP contribution is 2.07. The number of esters is 1. The summed E-state index contributed by atoms with van der Waals surface area (Å²) in [5.74, 6) is -0.336. The van der Waals surface area contributed by atoms with Gasteiger partial charge in [0.05, 0.1) is 12.7 Å². The molecule has 0 rings (SSSR count).